The fraction of sp³-hybridized carbons (Fsp3) is 0.0612. The Kier molecular flexibility index (Phi) is 6.02. The summed E-state index contributed by atoms with van der Waals surface area (Å²) in [5, 5.41) is 10.2. The van der Waals surface area contributed by atoms with Crippen molar-refractivity contribution in [1.82, 2.24) is 0 Å². The zero-order valence-corrected chi connectivity index (χ0v) is 27.7. The van der Waals surface area contributed by atoms with Crippen molar-refractivity contribution in [3.05, 3.63) is 181 Å². The monoisotopic (exact) mass is 622 g/mol. The van der Waals surface area contributed by atoms with Crippen molar-refractivity contribution < 1.29 is 0 Å². The molecular formula is C49H34. The summed E-state index contributed by atoms with van der Waals surface area (Å²) in [6.07, 6.45) is 0. The third-order valence-electron chi connectivity index (χ3n) is 11.0. The Balaban J connectivity index is 1.16. The predicted octanol–water partition coefficient (Wildman–Crippen LogP) is 13.6. The molecule has 9 aromatic rings. The van der Waals surface area contributed by atoms with Crippen LogP contribution in [0.2, 0.25) is 0 Å². The molecule has 0 nitrogen and oxygen atoms in total. The van der Waals surface area contributed by atoms with Crippen molar-refractivity contribution in [2.24, 2.45) is 0 Å². The summed E-state index contributed by atoms with van der Waals surface area (Å²) < 4.78 is 0. The first-order valence-corrected chi connectivity index (χ1v) is 17.3. The lowest BCUT2D eigenvalue weighted by Crippen LogP contribution is -2.14. The van der Waals surface area contributed by atoms with E-state index in [-0.39, 0.29) is 5.41 Å². The molecule has 0 saturated carbocycles. The van der Waals surface area contributed by atoms with Gasteiger partial charge in [0.15, 0.2) is 0 Å². The van der Waals surface area contributed by atoms with Crippen LogP contribution in [0.25, 0.3) is 87.6 Å². The van der Waals surface area contributed by atoms with Gasteiger partial charge in [-0.05, 0) is 129 Å². The van der Waals surface area contributed by atoms with E-state index in [1.807, 2.05) is 0 Å². The predicted molar refractivity (Wildman–Crippen MR) is 210 cm³/mol. The first-order chi connectivity index (χ1) is 24.0. The van der Waals surface area contributed by atoms with Crippen LogP contribution in [0.5, 0.6) is 0 Å². The van der Waals surface area contributed by atoms with Gasteiger partial charge in [0, 0.05) is 5.41 Å². The van der Waals surface area contributed by atoms with Gasteiger partial charge in [-0.15, -0.1) is 0 Å². The minimum atomic E-state index is -0.0420. The molecule has 10 rings (SSSR count). The van der Waals surface area contributed by atoms with E-state index in [1.165, 1.54) is 98.7 Å². The first kappa shape index (κ1) is 28.1. The molecule has 1 aliphatic rings. The van der Waals surface area contributed by atoms with Gasteiger partial charge in [0.2, 0.25) is 0 Å². The van der Waals surface area contributed by atoms with Crippen LogP contribution in [0.4, 0.5) is 0 Å². The highest BCUT2D eigenvalue weighted by atomic mass is 14.4. The molecule has 0 heterocycles. The maximum atomic E-state index is 2.43. The minimum absolute atomic E-state index is 0.0420. The molecule has 0 fully saturated rings. The van der Waals surface area contributed by atoms with Crippen LogP contribution in [0.1, 0.15) is 25.0 Å². The number of rotatable bonds is 3. The molecule has 9 aromatic carbocycles. The van der Waals surface area contributed by atoms with Crippen LogP contribution in [0, 0.1) is 0 Å². The molecule has 0 N–H and O–H groups in total. The molecule has 0 heteroatoms. The van der Waals surface area contributed by atoms with E-state index in [0.29, 0.717) is 0 Å². The van der Waals surface area contributed by atoms with Gasteiger partial charge in [0.05, 0.1) is 0 Å². The van der Waals surface area contributed by atoms with Crippen molar-refractivity contribution in [2.75, 3.05) is 0 Å². The van der Waals surface area contributed by atoms with Crippen molar-refractivity contribution in [2.45, 2.75) is 19.3 Å². The van der Waals surface area contributed by atoms with Crippen LogP contribution in [-0.4, -0.2) is 0 Å². The van der Waals surface area contributed by atoms with Crippen LogP contribution >= 0.6 is 0 Å². The molecule has 0 radical (unpaired) electrons. The first-order valence-electron chi connectivity index (χ1n) is 17.3. The van der Waals surface area contributed by atoms with Gasteiger partial charge >= 0.3 is 0 Å². The second kappa shape index (κ2) is 10.5. The highest BCUT2D eigenvalue weighted by Gasteiger charge is 2.35. The van der Waals surface area contributed by atoms with Gasteiger partial charge in [-0.1, -0.05) is 153 Å². The van der Waals surface area contributed by atoms with Gasteiger partial charge in [-0.25, -0.2) is 0 Å². The summed E-state index contributed by atoms with van der Waals surface area (Å²) in [4.78, 5) is 0. The SMILES string of the molecule is CC1(C)c2ccc(-c3cccc(-c4c5ccccc5c(-c5ccc6ccccc6c5)c5ccccc45)c3)cc2-c2cc3ccccc3cc21. The maximum Gasteiger partial charge on any atom is 0.0159 e. The lowest BCUT2D eigenvalue weighted by atomic mass is 9.81. The average Bonchev–Trinajstić information content (AvgIpc) is 3.37. The van der Waals surface area contributed by atoms with E-state index in [2.05, 4.69) is 184 Å². The van der Waals surface area contributed by atoms with Gasteiger partial charge in [-0.2, -0.15) is 0 Å². The van der Waals surface area contributed by atoms with Crippen molar-refractivity contribution in [3.63, 3.8) is 0 Å². The van der Waals surface area contributed by atoms with Crippen molar-refractivity contribution in [3.8, 4) is 44.5 Å². The molecule has 1 aliphatic carbocycles. The number of hydrogen-bond acceptors (Lipinski definition) is 0. The molecule has 49 heavy (non-hydrogen) atoms. The van der Waals surface area contributed by atoms with E-state index in [0.717, 1.165) is 0 Å². The molecule has 0 atom stereocenters. The molecule has 0 aliphatic heterocycles. The van der Waals surface area contributed by atoms with Crippen LogP contribution < -0.4 is 0 Å². The van der Waals surface area contributed by atoms with E-state index >= 15 is 0 Å². The summed E-state index contributed by atoms with van der Waals surface area (Å²) in [5.74, 6) is 0. The van der Waals surface area contributed by atoms with Crippen LogP contribution in [0.3, 0.4) is 0 Å². The molecule has 0 amide bonds. The molecule has 0 spiro atoms. The highest BCUT2D eigenvalue weighted by Crippen LogP contribution is 2.51. The van der Waals surface area contributed by atoms with Gasteiger partial charge in [0.1, 0.15) is 0 Å². The topological polar surface area (TPSA) is 0 Å². The largest absolute Gasteiger partial charge is 0.0616 e. The Hall–Kier alpha value is -5.98. The number of fused-ring (bicyclic) bond motifs is 7. The second-order valence-corrected chi connectivity index (χ2v) is 14.1. The lowest BCUT2D eigenvalue weighted by Gasteiger charge is -2.22. The summed E-state index contributed by atoms with van der Waals surface area (Å²) in [6.45, 7) is 4.73. The maximum absolute atomic E-state index is 2.43. The smallest absolute Gasteiger partial charge is 0.0159 e. The second-order valence-electron chi connectivity index (χ2n) is 14.1. The summed E-state index contributed by atoms with van der Waals surface area (Å²) >= 11 is 0. The zero-order valence-electron chi connectivity index (χ0n) is 27.7. The number of benzene rings is 9. The molecule has 0 unspecified atom stereocenters. The Bertz CT molecular complexity index is 2740. The fourth-order valence-corrected chi connectivity index (χ4v) is 8.57. The van der Waals surface area contributed by atoms with E-state index < -0.39 is 0 Å². The third-order valence-corrected chi connectivity index (χ3v) is 11.0. The van der Waals surface area contributed by atoms with Crippen LogP contribution in [0.15, 0.2) is 170 Å². The summed E-state index contributed by atoms with van der Waals surface area (Å²) in [7, 11) is 0. The summed E-state index contributed by atoms with van der Waals surface area (Å²) in [5.41, 5.74) is 13.0. The van der Waals surface area contributed by atoms with Gasteiger partial charge in [-0.3, -0.25) is 0 Å². The van der Waals surface area contributed by atoms with Gasteiger partial charge < -0.3 is 0 Å². The number of hydrogen-bond donors (Lipinski definition) is 0. The van der Waals surface area contributed by atoms with E-state index in [1.54, 1.807) is 0 Å². The van der Waals surface area contributed by atoms with Gasteiger partial charge in [0.25, 0.3) is 0 Å². The standard InChI is InChI=1S/C49H34/c1-49(2)45-25-24-36(29-43(45)44-28-34-14-5-6-15-35(34)30-46(44)49)33-16-11-17-37(27-33)47-39-18-7-9-20-41(39)48(42-21-10-8-19-40(42)47)38-23-22-31-12-3-4-13-32(31)26-38/h3-30H,1-2H3. The molecule has 0 aromatic heterocycles. The normalized spacial score (nSPS) is 13.3. The Labute approximate surface area is 286 Å². The zero-order chi connectivity index (χ0) is 32.7. The molecule has 0 bridgehead atoms. The van der Waals surface area contributed by atoms with E-state index in [9.17, 15) is 0 Å². The Morgan fingerprint density at radius 3 is 1.43 bits per heavy atom. The van der Waals surface area contributed by atoms with Crippen molar-refractivity contribution >= 4 is 43.1 Å². The minimum Gasteiger partial charge on any atom is -0.0616 e. The quantitative estimate of drug-likeness (QED) is 0.172. The third kappa shape index (κ3) is 4.24. The molecular weight excluding hydrogens is 589 g/mol. The van der Waals surface area contributed by atoms with Crippen LogP contribution in [-0.2, 0) is 5.41 Å². The Morgan fingerprint density at radius 1 is 0.306 bits per heavy atom. The summed E-state index contributed by atoms with van der Waals surface area (Å²) in [6, 6.07) is 63.2. The van der Waals surface area contributed by atoms with E-state index in [4.69, 9.17) is 0 Å². The molecule has 230 valence electrons. The molecule has 0 saturated heterocycles. The fourth-order valence-electron chi connectivity index (χ4n) is 8.57. The Morgan fingerprint density at radius 2 is 0.776 bits per heavy atom. The van der Waals surface area contributed by atoms with Crippen molar-refractivity contribution in [1.29, 1.82) is 0 Å². The average molecular weight is 623 g/mol. The lowest BCUT2D eigenvalue weighted by molar-refractivity contribution is 0.661. The highest BCUT2D eigenvalue weighted by molar-refractivity contribution is 6.21.